The third kappa shape index (κ3) is 2.42. The Morgan fingerprint density at radius 2 is 1.81 bits per heavy atom. The lowest BCUT2D eigenvalue weighted by atomic mass is 10.2. The molecule has 0 spiro atoms. The lowest BCUT2D eigenvalue weighted by Crippen LogP contribution is -2.33. The minimum absolute atomic E-state index is 0.786. The fourth-order valence-corrected chi connectivity index (χ4v) is 2.59. The molecule has 2 aromatic carbocycles. The van der Waals surface area contributed by atoms with Crippen molar-refractivity contribution in [3.05, 3.63) is 61.2 Å². The molecule has 3 rings (SSSR count). The molecule has 3 aromatic rings. The number of rotatable bonds is 4. The van der Waals surface area contributed by atoms with Crippen molar-refractivity contribution >= 4 is 16.7 Å². The van der Waals surface area contributed by atoms with Crippen LogP contribution in [-0.2, 0) is 6.54 Å². The van der Waals surface area contributed by atoms with E-state index in [0.717, 1.165) is 17.9 Å². The largest absolute Gasteiger partial charge is 0.378 e. The Hall–Kier alpha value is -2.55. The van der Waals surface area contributed by atoms with Gasteiger partial charge in [-0.25, -0.2) is 9.55 Å². The van der Waals surface area contributed by atoms with Crippen LogP contribution in [0.4, 0.5) is 5.69 Å². The molecule has 1 heterocycles. The molecule has 0 bridgehead atoms. The molecule has 106 valence electrons. The number of benzene rings is 2. The molecule has 1 aromatic heterocycles. The van der Waals surface area contributed by atoms with E-state index in [2.05, 4.69) is 83.7 Å². The van der Waals surface area contributed by atoms with Gasteiger partial charge in [-0.05, 0) is 36.4 Å². The SMILES string of the molecule is C=CC[n+]1c(-c2ccc(N(C)C)cc2)[nH]c2ccccc21. The van der Waals surface area contributed by atoms with Gasteiger partial charge in [0.25, 0.3) is 5.82 Å². The van der Waals surface area contributed by atoms with E-state index in [0.29, 0.717) is 0 Å². The maximum Gasteiger partial charge on any atom is 0.287 e. The standard InChI is InChI=1S/C18H19N3/c1-4-13-21-17-8-6-5-7-16(17)19-18(21)14-9-11-15(12-10-14)20(2)3/h4-12H,1,13H2,2-3H3/p+1. The molecule has 0 amide bonds. The van der Waals surface area contributed by atoms with Gasteiger partial charge >= 0.3 is 0 Å². The van der Waals surface area contributed by atoms with Gasteiger partial charge in [-0.2, -0.15) is 0 Å². The Labute approximate surface area is 125 Å². The second-order valence-electron chi connectivity index (χ2n) is 5.33. The van der Waals surface area contributed by atoms with Gasteiger partial charge < -0.3 is 4.90 Å². The Balaban J connectivity index is 2.14. The maximum atomic E-state index is 3.87. The average molecular weight is 278 g/mol. The third-order valence-electron chi connectivity index (χ3n) is 3.69. The first-order chi connectivity index (χ1) is 10.2. The summed E-state index contributed by atoms with van der Waals surface area (Å²) in [6, 6.07) is 16.9. The highest BCUT2D eigenvalue weighted by Gasteiger charge is 2.18. The van der Waals surface area contributed by atoms with Crippen molar-refractivity contribution in [3.8, 4) is 11.4 Å². The molecule has 0 saturated heterocycles. The summed E-state index contributed by atoms with van der Waals surface area (Å²) < 4.78 is 2.26. The zero-order valence-electron chi connectivity index (χ0n) is 12.5. The molecule has 3 heteroatoms. The number of para-hydroxylation sites is 2. The molecular weight excluding hydrogens is 258 g/mol. The predicted molar refractivity (Wildman–Crippen MR) is 88.5 cm³/mol. The summed E-state index contributed by atoms with van der Waals surface area (Å²) >= 11 is 0. The van der Waals surface area contributed by atoms with Gasteiger partial charge in [-0.1, -0.05) is 24.8 Å². The van der Waals surface area contributed by atoms with Gasteiger partial charge in [0, 0.05) is 19.8 Å². The van der Waals surface area contributed by atoms with E-state index in [-0.39, 0.29) is 0 Å². The number of allylic oxidation sites excluding steroid dienone is 1. The smallest absolute Gasteiger partial charge is 0.287 e. The van der Waals surface area contributed by atoms with Crippen LogP contribution in [0.3, 0.4) is 0 Å². The highest BCUT2D eigenvalue weighted by molar-refractivity contribution is 5.75. The topological polar surface area (TPSA) is 22.9 Å². The van der Waals surface area contributed by atoms with Crippen LogP contribution in [0.5, 0.6) is 0 Å². The van der Waals surface area contributed by atoms with Crippen molar-refractivity contribution in [2.45, 2.75) is 6.54 Å². The van der Waals surface area contributed by atoms with E-state index in [1.807, 2.05) is 6.08 Å². The van der Waals surface area contributed by atoms with Gasteiger partial charge in [0.1, 0.15) is 6.54 Å². The molecular formula is C18H20N3+. The minimum atomic E-state index is 0.786. The molecule has 1 N–H and O–H groups in total. The quantitative estimate of drug-likeness (QED) is 0.574. The van der Waals surface area contributed by atoms with Gasteiger partial charge in [-0.15, -0.1) is 0 Å². The number of aromatic amines is 1. The number of aromatic nitrogens is 2. The first-order valence-corrected chi connectivity index (χ1v) is 7.10. The van der Waals surface area contributed by atoms with Crippen LogP contribution in [0.25, 0.3) is 22.4 Å². The third-order valence-corrected chi connectivity index (χ3v) is 3.69. The van der Waals surface area contributed by atoms with Crippen molar-refractivity contribution in [2.24, 2.45) is 0 Å². The van der Waals surface area contributed by atoms with Crippen LogP contribution >= 0.6 is 0 Å². The molecule has 3 nitrogen and oxygen atoms in total. The number of hydrogen-bond donors (Lipinski definition) is 1. The molecule has 0 saturated carbocycles. The first-order valence-electron chi connectivity index (χ1n) is 7.10. The normalized spacial score (nSPS) is 10.8. The second kappa shape index (κ2) is 5.44. The summed E-state index contributed by atoms with van der Waals surface area (Å²) in [6.45, 7) is 4.66. The van der Waals surface area contributed by atoms with E-state index >= 15 is 0 Å². The van der Waals surface area contributed by atoms with Crippen LogP contribution in [0.1, 0.15) is 0 Å². The molecule has 0 aliphatic rings. The van der Waals surface area contributed by atoms with E-state index in [4.69, 9.17) is 0 Å². The van der Waals surface area contributed by atoms with Crippen molar-refractivity contribution in [2.75, 3.05) is 19.0 Å². The summed E-state index contributed by atoms with van der Waals surface area (Å²) in [5.41, 5.74) is 4.72. The highest BCUT2D eigenvalue weighted by Crippen LogP contribution is 2.21. The Morgan fingerprint density at radius 3 is 2.48 bits per heavy atom. The molecule has 0 fully saturated rings. The number of H-pyrrole nitrogens is 1. The van der Waals surface area contributed by atoms with E-state index in [1.165, 1.54) is 16.8 Å². The zero-order chi connectivity index (χ0) is 14.8. The number of hydrogen-bond acceptors (Lipinski definition) is 1. The lowest BCUT2D eigenvalue weighted by Gasteiger charge is -2.11. The number of fused-ring (bicyclic) bond motifs is 1. The first kappa shape index (κ1) is 13.4. The molecule has 0 unspecified atom stereocenters. The van der Waals surface area contributed by atoms with Gasteiger partial charge in [0.2, 0.25) is 0 Å². The summed E-state index contributed by atoms with van der Waals surface area (Å²) in [4.78, 5) is 5.62. The van der Waals surface area contributed by atoms with Crippen LogP contribution in [0, 0.1) is 0 Å². The predicted octanol–water partition coefficient (Wildman–Crippen LogP) is 3.37. The maximum absolute atomic E-state index is 3.87. The molecule has 0 atom stereocenters. The van der Waals surface area contributed by atoms with Crippen molar-refractivity contribution < 1.29 is 4.57 Å². The Kier molecular flexibility index (Phi) is 3.48. The number of imidazole rings is 1. The highest BCUT2D eigenvalue weighted by atomic mass is 15.1. The van der Waals surface area contributed by atoms with E-state index in [1.54, 1.807) is 0 Å². The van der Waals surface area contributed by atoms with Gasteiger partial charge in [0.15, 0.2) is 11.0 Å². The van der Waals surface area contributed by atoms with E-state index in [9.17, 15) is 0 Å². The Morgan fingerprint density at radius 1 is 1.10 bits per heavy atom. The fourth-order valence-electron chi connectivity index (χ4n) is 2.59. The fraction of sp³-hybridized carbons (Fsp3) is 0.167. The molecule has 0 aliphatic heterocycles. The lowest BCUT2D eigenvalue weighted by molar-refractivity contribution is -0.649. The monoisotopic (exact) mass is 278 g/mol. The molecule has 0 aliphatic carbocycles. The summed E-state index contributed by atoms with van der Waals surface area (Å²) in [5, 5.41) is 0. The van der Waals surface area contributed by atoms with E-state index < -0.39 is 0 Å². The van der Waals surface area contributed by atoms with Crippen LogP contribution in [0.2, 0.25) is 0 Å². The summed E-state index contributed by atoms with van der Waals surface area (Å²) in [6.07, 6.45) is 1.93. The van der Waals surface area contributed by atoms with Gasteiger partial charge in [-0.3, -0.25) is 0 Å². The zero-order valence-corrected chi connectivity index (χ0v) is 12.5. The van der Waals surface area contributed by atoms with Crippen molar-refractivity contribution in [3.63, 3.8) is 0 Å². The van der Waals surface area contributed by atoms with Crippen LogP contribution in [0.15, 0.2) is 61.2 Å². The van der Waals surface area contributed by atoms with Crippen molar-refractivity contribution in [1.82, 2.24) is 4.98 Å². The number of nitrogens with zero attached hydrogens (tertiary/aromatic N) is 2. The number of nitrogens with one attached hydrogen (secondary N) is 1. The summed E-state index contributed by atoms with van der Waals surface area (Å²) in [7, 11) is 4.10. The minimum Gasteiger partial charge on any atom is -0.378 e. The van der Waals surface area contributed by atoms with Crippen LogP contribution in [-0.4, -0.2) is 19.1 Å². The van der Waals surface area contributed by atoms with Gasteiger partial charge in [0.05, 0.1) is 5.56 Å². The summed E-state index contributed by atoms with van der Waals surface area (Å²) in [5.74, 6) is 1.11. The molecule has 21 heavy (non-hydrogen) atoms. The number of anilines is 1. The average Bonchev–Trinajstić information content (AvgIpc) is 2.87. The molecule has 0 radical (unpaired) electrons. The van der Waals surface area contributed by atoms with Crippen molar-refractivity contribution in [1.29, 1.82) is 0 Å². The Bertz CT molecular complexity index is 767. The van der Waals surface area contributed by atoms with Crippen LogP contribution < -0.4 is 9.47 Å². The second-order valence-corrected chi connectivity index (χ2v) is 5.33.